The zero-order valence-electron chi connectivity index (χ0n) is 14.6. The van der Waals surface area contributed by atoms with E-state index < -0.39 is 6.09 Å². The van der Waals surface area contributed by atoms with E-state index in [0.29, 0.717) is 0 Å². The molecule has 7 heteroatoms. The van der Waals surface area contributed by atoms with Crippen molar-refractivity contribution >= 4 is 23.6 Å². The lowest BCUT2D eigenvalue weighted by atomic mass is 10.0. The monoisotopic (exact) mass is 367 g/mol. The second-order valence-corrected chi connectivity index (χ2v) is 6.82. The zero-order valence-corrected chi connectivity index (χ0v) is 15.3. The number of likely N-dealkylation sites (tertiary alicyclic amines) is 1. The first-order chi connectivity index (χ1) is 12.0. The molecule has 1 aliphatic rings. The second kappa shape index (κ2) is 9.63. The maximum atomic E-state index is 11.5. The Kier molecular flexibility index (Phi) is 7.52. The molecule has 0 atom stereocenters. The van der Waals surface area contributed by atoms with Gasteiger partial charge in [0.25, 0.3) is 0 Å². The third-order valence-corrected chi connectivity index (χ3v) is 4.94. The molecule has 0 aliphatic carbocycles. The molecular formula is C18H26ClN3O3. The van der Waals surface area contributed by atoms with Gasteiger partial charge in [0.15, 0.2) is 0 Å². The number of carbonyl (C=O) groups excluding carboxylic acids is 1. The summed E-state index contributed by atoms with van der Waals surface area (Å²) in [6.07, 6.45) is 2.58. The van der Waals surface area contributed by atoms with Crippen molar-refractivity contribution < 1.29 is 14.7 Å². The van der Waals surface area contributed by atoms with Crippen LogP contribution in [0.25, 0.3) is 0 Å². The van der Waals surface area contributed by atoms with Crippen LogP contribution in [0, 0.1) is 0 Å². The third kappa shape index (κ3) is 6.21. The first kappa shape index (κ1) is 19.5. The summed E-state index contributed by atoms with van der Waals surface area (Å²) in [4.78, 5) is 26.5. The topological polar surface area (TPSA) is 72.9 Å². The van der Waals surface area contributed by atoms with E-state index in [1.807, 2.05) is 12.1 Å². The van der Waals surface area contributed by atoms with E-state index in [4.69, 9.17) is 11.6 Å². The van der Waals surface area contributed by atoms with E-state index in [0.717, 1.165) is 50.3 Å². The molecule has 1 fully saturated rings. The lowest BCUT2D eigenvalue weighted by molar-refractivity contribution is -0.122. The minimum atomic E-state index is -1.02. The summed E-state index contributed by atoms with van der Waals surface area (Å²) >= 11 is 5.89. The van der Waals surface area contributed by atoms with E-state index in [2.05, 4.69) is 22.3 Å². The normalized spacial score (nSPS) is 15.8. The highest BCUT2D eigenvalue weighted by atomic mass is 35.5. The largest absolute Gasteiger partial charge is 0.465 e. The summed E-state index contributed by atoms with van der Waals surface area (Å²) in [5.74, 6) is -0.271. The van der Waals surface area contributed by atoms with Crippen LogP contribution in [0.4, 0.5) is 4.79 Å². The molecule has 1 aromatic rings. The van der Waals surface area contributed by atoms with Crippen LogP contribution in [0.15, 0.2) is 24.3 Å². The van der Waals surface area contributed by atoms with Crippen molar-refractivity contribution in [3.8, 4) is 0 Å². The molecule has 0 spiro atoms. The molecule has 25 heavy (non-hydrogen) atoms. The van der Waals surface area contributed by atoms with E-state index in [1.54, 1.807) is 0 Å². The molecule has 0 bridgehead atoms. The van der Waals surface area contributed by atoms with Crippen LogP contribution in [0.5, 0.6) is 0 Å². The van der Waals surface area contributed by atoms with Crippen LogP contribution in [-0.2, 0) is 11.2 Å². The van der Waals surface area contributed by atoms with Gasteiger partial charge in [-0.2, -0.15) is 0 Å². The number of nitrogens with zero attached hydrogens (tertiary/aromatic N) is 2. The van der Waals surface area contributed by atoms with Gasteiger partial charge in [0.2, 0.25) is 5.91 Å². The average Bonchev–Trinajstić information content (AvgIpc) is 2.61. The maximum Gasteiger partial charge on any atom is 0.408 e. The van der Waals surface area contributed by atoms with Gasteiger partial charge in [-0.05, 0) is 49.9 Å². The number of benzene rings is 1. The lowest BCUT2D eigenvalue weighted by Crippen LogP contribution is -2.50. The number of hydrogen-bond acceptors (Lipinski definition) is 3. The fraction of sp³-hybridized carbons (Fsp3) is 0.556. The minimum absolute atomic E-state index is 0.0812. The fourth-order valence-corrected chi connectivity index (χ4v) is 3.33. The standard InChI is InChI=1S/C18H26ClN3O3/c1-20-17(23)13-22(18(24)25)16-8-11-21(12-9-16)10-2-3-14-4-6-15(19)7-5-14/h4-7,16H,2-3,8-13H2,1H3,(H,20,23)(H,24,25). The van der Waals surface area contributed by atoms with E-state index in [9.17, 15) is 14.7 Å². The number of nitrogens with one attached hydrogen (secondary N) is 1. The fourth-order valence-electron chi connectivity index (χ4n) is 3.20. The molecule has 1 saturated heterocycles. The summed E-state index contributed by atoms with van der Waals surface area (Å²) in [6.45, 7) is 2.64. The molecule has 0 aromatic heterocycles. The SMILES string of the molecule is CNC(=O)CN(C(=O)O)C1CCN(CCCc2ccc(Cl)cc2)CC1. The molecule has 6 nitrogen and oxygen atoms in total. The van der Waals surface area contributed by atoms with Gasteiger partial charge < -0.3 is 15.3 Å². The highest BCUT2D eigenvalue weighted by Crippen LogP contribution is 2.18. The maximum absolute atomic E-state index is 11.5. The third-order valence-electron chi connectivity index (χ3n) is 4.69. The Morgan fingerprint density at radius 2 is 1.92 bits per heavy atom. The quantitative estimate of drug-likeness (QED) is 0.776. The Morgan fingerprint density at radius 3 is 2.48 bits per heavy atom. The van der Waals surface area contributed by atoms with Crippen molar-refractivity contribution in [2.45, 2.75) is 31.7 Å². The minimum Gasteiger partial charge on any atom is -0.465 e. The number of aryl methyl sites for hydroxylation is 1. The van der Waals surface area contributed by atoms with Crippen molar-refractivity contribution in [2.24, 2.45) is 0 Å². The van der Waals surface area contributed by atoms with Gasteiger partial charge in [0.05, 0.1) is 0 Å². The van der Waals surface area contributed by atoms with Gasteiger partial charge >= 0.3 is 6.09 Å². The van der Waals surface area contributed by atoms with Crippen LogP contribution in [0.1, 0.15) is 24.8 Å². The van der Waals surface area contributed by atoms with Crippen LogP contribution in [0.3, 0.4) is 0 Å². The van der Waals surface area contributed by atoms with E-state index in [-0.39, 0.29) is 18.5 Å². The highest BCUT2D eigenvalue weighted by molar-refractivity contribution is 6.30. The van der Waals surface area contributed by atoms with Crippen molar-refractivity contribution in [3.63, 3.8) is 0 Å². The Morgan fingerprint density at radius 1 is 1.28 bits per heavy atom. The van der Waals surface area contributed by atoms with Crippen LogP contribution in [0.2, 0.25) is 5.02 Å². The van der Waals surface area contributed by atoms with Crippen LogP contribution < -0.4 is 5.32 Å². The molecule has 0 saturated carbocycles. The summed E-state index contributed by atoms with van der Waals surface area (Å²) < 4.78 is 0. The van der Waals surface area contributed by atoms with Crippen molar-refractivity contribution in [1.82, 2.24) is 15.1 Å². The molecule has 2 amide bonds. The Labute approximate surface area is 153 Å². The van der Waals surface area contributed by atoms with E-state index >= 15 is 0 Å². The van der Waals surface area contributed by atoms with Crippen LogP contribution in [-0.4, -0.2) is 66.2 Å². The summed E-state index contributed by atoms with van der Waals surface area (Å²) in [6, 6.07) is 7.85. The van der Waals surface area contributed by atoms with Crippen molar-refractivity contribution in [3.05, 3.63) is 34.9 Å². The molecular weight excluding hydrogens is 342 g/mol. The first-order valence-corrected chi connectivity index (χ1v) is 9.04. The van der Waals surface area contributed by atoms with Gasteiger partial charge in [0, 0.05) is 31.2 Å². The predicted molar refractivity (Wildman–Crippen MR) is 98.0 cm³/mol. The molecule has 138 valence electrons. The predicted octanol–water partition coefficient (Wildman–Crippen LogP) is 2.46. The van der Waals surface area contributed by atoms with Crippen LogP contribution >= 0.6 is 11.6 Å². The van der Waals surface area contributed by atoms with Gasteiger partial charge in [-0.1, -0.05) is 23.7 Å². The molecule has 1 aliphatic heterocycles. The Balaban J connectivity index is 1.73. The number of carbonyl (C=O) groups is 2. The Hall–Kier alpha value is -1.79. The number of carboxylic acid groups (broad SMARTS) is 1. The average molecular weight is 368 g/mol. The smallest absolute Gasteiger partial charge is 0.408 e. The van der Waals surface area contributed by atoms with Gasteiger partial charge in [0.1, 0.15) is 6.54 Å². The summed E-state index contributed by atoms with van der Waals surface area (Å²) in [5, 5.41) is 12.6. The van der Waals surface area contributed by atoms with Gasteiger partial charge in [-0.3, -0.25) is 9.69 Å². The van der Waals surface area contributed by atoms with E-state index in [1.165, 1.54) is 17.5 Å². The number of piperidine rings is 1. The van der Waals surface area contributed by atoms with Crippen molar-refractivity contribution in [1.29, 1.82) is 0 Å². The Bertz CT molecular complexity index is 571. The molecule has 0 unspecified atom stereocenters. The molecule has 2 rings (SSSR count). The number of hydrogen-bond donors (Lipinski definition) is 2. The van der Waals surface area contributed by atoms with Gasteiger partial charge in [-0.15, -0.1) is 0 Å². The molecule has 0 radical (unpaired) electrons. The second-order valence-electron chi connectivity index (χ2n) is 6.39. The number of halogens is 1. The number of likely N-dealkylation sites (N-methyl/N-ethyl adjacent to an activating group) is 1. The summed E-state index contributed by atoms with van der Waals surface area (Å²) in [5.41, 5.74) is 1.28. The lowest BCUT2D eigenvalue weighted by Gasteiger charge is -2.36. The number of rotatable bonds is 7. The molecule has 2 N–H and O–H groups in total. The highest BCUT2D eigenvalue weighted by Gasteiger charge is 2.28. The molecule has 1 aromatic carbocycles. The number of amides is 2. The summed E-state index contributed by atoms with van der Waals surface area (Å²) in [7, 11) is 1.52. The first-order valence-electron chi connectivity index (χ1n) is 8.66. The zero-order chi connectivity index (χ0) is 18.2. The van der Waals surface area contributed by atoms with Gasteiger partial charge in [-0.25, -0.2) is 4.79 Å². The van der Waals surface area contributed by atoms with Crippen molar-refractivity contribution in [2.75, 3.05) is 33.2 Å². The molecule has 1 heterocycles.